The smallest absolute Gasteiger partial charge is 0.260 e. The Labute approximate surface area is 127 Å². The van der Waals surface area contributed by atoms with Crippen molar-refractivity contribution in [2.24, 2.45) is 0 Å². The number of amides is 1. The first-order valence-electron chi connectivity index (χ1n) is 5.84. The van der Waals surface area contributed by atoms with Gasteiger partial charge < -0.3 is 14.8 Å². The highest BCUT2D eigenvalue weighted by Crippen LogP contribution is 2.27. The van der Waals surface area contributed by atoms with Gasteiger partial charge >= 0.3 is 0 Å². The zero-order valence-electron chi connectivity index (χ0n) is 11.0. The predicted octanol–water partition coefficient (Wildman–Crippen LogP) is 2.76. The Hall–Kier alpha value is -1.48. The summed E-state index contributed by atoms with van der Waals surface area (Å²) in [5, 5.41) is 12.0. The van der Waals surface area contributed by atoms with Gasteiger partial charge in [0, 0.05) is 5.02 Å². The first kappa shape index (κ1) is 16.6. The van der Waals surface area contributed by atoms with E-state index in [-0.39, 0.29) is 12.7 Å². The molecule has 5 nitrogen and oxygen atoms in total. The summed E-state index contributed by atoms with van der Waals surface area (Å²) < 4.78 is 10.4. The molecule has 1 unspecified atom stereocenters. The molecule has 0 radical (unpaired) electrons. The number of nitrogens with one attached hydrogen (secondary N) is 1. The lowest BCUT2D eigenvalue weighted by atomic mass is 10.3. The van der Waals surface area contributed by atoms with Crippen molar-refractivity contribution in [2.45, 2.75) is 26.2 Å². The summed E-state index contributed by atoms with van der Waals surface area (Å²) in [5.74, 6) is -0.146. The lowest BCUT2D eigenvalue weighted by Crippen LogP contribution is -2.40. The van der Waals surface area contributed by atoms with Crippen LogP contribution in [0, 0.1) is 11.3 Å². The van der Waals surface area contributed by atoms with Crippen molar-refractivity contribution in [2.75, 3.05) is 6.61 Å². The van der Waals surface area contributed by atoms with Crippen LogP contribution in [0.2, 0.25) is 10.0 Å². The molecule has 108 valence electrons. The third-order valence-electron chi connectivity index (χ3n) is 2.07. The van der Waals surface area contributed by atoms with Gasteiger partial charge in [0.2, 0.25) is 6.23 Å². The van der Waals surface area contributed by atoms with Gasteiger partial charge in [-0.25, -0.2) is 0 Å². The van der Waals surface area contributed by atoms with Crippen LogP contribution < -0.4 is 10.1 Å². The summed E-state index contributed by atoms with van der Waals surface area (Å²) in [4.78, 5) is 11.6. The van der Waals surface area contributed by atoms with Crippen molar-refractivity contribution in [3.8, 4) is 11.8 Å². The van der Waals surface area contributed by atoms with Gasteiger partial charge in [-0.15, -0.1) is 0 Å². The second-order valence-electron chi connectivity index (χ2n) is 4.12. The number of hydrogen-bond donors (Lipinski definition) is 1. The molecular weight excluding hydrogens is 303 g/mol. The lowest BCUT2D eigenvalue weighted by molar-refractivity contribution is -0.127. The van der Waals surface area contributed by atoms with Crippen LogP contribution in [-0.2, 0) is 9.53 Å². The summed E-state index contributed by atoms with van der Waals surface area (Å²) in [6, 6.07) is 6.50. The van der Waals surface area contributed by atoms with Crippen LogP contribution >= 0.6 is 23.2 Å². The first-order valence-corrected chi connectivity index (χ1v) is 6.60. The molecule has 0 aliphatic rings. The molecule has 7 heteroatoms. The van der Waals surface area contributed by atoms with Crippen molar-refractivity contribution in [1.82, 2.24) is 5.32 Å². The fourth-order valence-corrected chi connectivity index (χ4v) is 1.76. The van der Waals surface area contributed by atoms with Gasteiger partial charge in [0.1, 0.15) is 11.8 Å². The molecule has 0 fully saturated rings. The van der Waals surface area contributed by atoms with Gasteiger partial charge in [0.05, 0.1) is 11.1 Å². The number of benzene rings is 1. The number of carbonyl (C=O) groups excluding carboxylic acids is 1. The van der Waals surface area contributed by atoms with E-state index in [4.69, 9.17) is 37.9 Å². The minimum Gasteiger partial charge on any atom is -0.482 e. The number of nitriles is 1. The van der Waals surface area contributed by atoms with Crippen molar-refractivity contribution in [3.05, 3.63) is 28.2 Å². The molecule has 0 aromatic heterocycles. The largest absolute Gasteiger partial charge is 0.482 e. The van der Waals surface area contributed by atoms with E-state index in [0.717, 1.165) is 0 Å². The normalized spacial score (nSPS) is 11.8. The summed E-state index contributed by atoms with van der Waals surface area (Å²) in [6.07, 6.45) is -1.18. The summed E-state index contributed by atoms with van der Waals surface area (Å²) in [7, 11) is 0. The summed E-state index contributed by atoms with van der Waals surface area (Å²) >= 11 is 11.6. The number of nitrogens with zero attached hydrogens (tertiary/aromatic N) is 1. The number of hydrogen-bond acceptors (Lipinski definition) is 4. The van der Waals surface area contributed by atoms with Gasteiger partial charge in [-0.3, -0.25) is 4.79 Å². The van der Waals surface area contributed by atoms with Crippen molar-refractivity contribution < 1.29 is 14.3 Å². The molecule has 0 aliphatic carbocycles. The number of halogens is 2. The van der Waals surface area contributed by atoms with Crippen LogP contribution in [0.15, 0.2) is 18.2 Å². The van der Waals surface area contributed by atoms with E-state index in [9.17, 15) is 4.79 Å². The van der Waals surface area contributed by atoms with Crippen molar-refractivity contribution in [3.63, 3.8) is 0 Å². The molecule has 1 aromatic carbocycles. The monoisotopic (exact) mass is 316 g/mol. The molecule has 0 heterocycles. The molecule has 1 atom stereocenters. The van der Waals surface area contributed by atoms with E-state index in [1.807, 2.05) is 6.07 Å². The van der Waals surface area contributed by atoms with Crippen LogP contribution in [0.5, 0.6) is 5.75 Å². The molecule has 0 spiro atoms. The number of ether oxygens (including phenoxy) is 2. The van der Waals surface area contributed by atoms with Crippen LogP contribution in [0.4, 0.5) is 0 Å². The highest BCUT2D eigenvalue weighted by atomic mass is 35.5. The van der Waals surface area contributed by atoms with Crippen LogP contribution in [0.25, 0.3) is 0 Å². The molecule has 20 heavy (non-hydrogen) atoms. The Morgan fingerprint density at radius 2 is 2.15 bits per heavy atom. The minimum atomic E-state index is -1.01. The fraction of sp³-hybridized carbons (Fsp3) is 0.385. The van der Waals surface area contributed by atoms with E-state index in [1.54, 1.807) is 26.0 Å². The fourth-order valence-electron chi connectivity index (χ4n) is 1.29. The molecule has 1 rings (SSSR count). The Balaban J connectivity index is 2.49. The number of carbonyl (C=O) groups is 1. The Morgan fingerprint density at radius 1 is 1.45 bits per heavy atom. The molecule has 0 aliphatic heterocycles. The third kappa shape index (κ3) is 5.66. The highest BCUT2D eigenvalue weighted by molar-refractivity contribution is 6.35. The van der Waals surface area contributed by atoms with Crippen LogP contribution in [0.1, 0.15) is 13.8 Å². The topological polar surface area (TPSA) is 71.3 Å². The summed E-state index contributed by atoms with van der Waals surface area (Å²) in [6.45, 7) is 3.25. The molecule has 1 N–H and O–H groups in total. The minimum absolute atomic E-state index is 0.174. The van der Waals surface area contributed by atoms with Gasteiger partial charge in [0.15, 0.2) is 6.61 Å². The van der Waals surface area contributed by atoms with E-state index < -0.39 is 12.1 Å². The molecular formula is C13H14Cl2N2O3. The van der Waals surface area contributed by atoms with E-state index in [2.05, 4.69) is 5.32 Å². The van der Waals surface area contributed by atoms with Gasteiger partial charge in [-0.05, 0) is 32.0 Å². The Morgan fingerprint density at radius 3 is 2.70 bits per heavy atom. The Kier molecular flexibility index (Phi) is 6.59. The molecule has 1 amide bonds. The maximum atomic E-state index is 11.6. The highest BCUT2D eigenvalue weighted by Gasteiger charge is 2.14. The van der Waals surface area contributed by atoms with E-state index in [1.165, 1.54) is 6.07 Å². The molecule has 0 bridgehead atoms. The second-order valence-corrected chi connectivity index (χ2v) is 4.97. The van der Waals surface area contributed by atoms with Gasteiger partial charge in [0.25, 0.3) is 5.91 Å². The quantitative estimate of drug-likeness (QED) is 0.819. The Bertz CT molecular complexity index is 515. The number of rotatable bonds is 6. The zero-order chi connectivity index (χ0) is 15.1. The van der Waals surface area contributed by atoms with Crippen LogP contribution in [-0.4, -0.2) is 24.8 Å². The van der Waals surface area contributed by atoms with E-state index in [0.29, 0.717) is 15.8 Å². The second kappa shape index (κ2) is 7.95. The van der Waals surface area contributed by atoms with Crippen molar-refractivity contribution in [1.29, 1.82) is 5.26 Å². The zero-order valence-corrected chi connectivity index (χ0v) is 12.5. The lowest BCUT2D eigenvalue weighted by Gasteiger charge is -2.15. The molecule has 0 saturated carbocycles. The van der Waals surface area contributed by atoms with Crippen molar-refractivity contribution >= 4 is 29.1 Å². The summed E-state index contributed by atoms with van der Waals surface area (Å²) in [5.41, 5.74) is 0. The molecule has 0 saturated heterocycles. The first-order chi connectivity index (χ1) is 9.42. The van der Waals surface area contributed by atoms with E-state index >= 15 is 0 Å². The van der Waals surface area contributed by atoms with Gasteiger partial charge in [-0.1, -0.05) is 23.2 Å². The maximum Gasteiger partial charge on any atom is 0.260 e. The van der Waals surface area contributed by atoms with Gasteiger partial charge in [-0.2, -0.15) is 5.26 Å². The standard InChI is InChI=1S/C13H14Cl2N2O3/c1-8(2)20-13(6-16)17-12(18)7-19-11-4-3-9(14)5-10(11)15/h3-5,8,13H,7H2,1-2H3,(H,17,18). The predicted molar refractivity (Wildman–Crippen MR) is 75.7 cm³/mol. The SMILES string of the molecule is CC(C)OC(C#N)NC(=O)COc1ccc(Cl)cc1Cl. The van der Waals surface area contributed by atoms with Crippen LogP contribution in [0.3, 0.4) is 0 Å². The molecule has 1 aromatic rings. The third-order valence-corrected chi connectivity index (χ3v) is 2.60. The maximum absolute atomic E-state index is 11.6. The average molecular weight is 317 g/mol. The average Bonchev–Trinajstić information content (AvgIpc) is 2.36.